The lowest BCUT2D eigenvalue weighted by Gasteiger charge is -2.42. The van der Waals surface area contributed by atoms with E-state index in [4.69, 9.17) is 5.73 Å². The molecule has 2 spiro atoms. The smallest absolute Gasteiger partial charge is 0.343 e. The first-order valence-corrected chi connectivity index (χ1v) is 6.31. The van der Waals surface area contributed by atoms with Gasteiger partial charge in [0.2, 0.25) is 0 Å². The van der Waals surface area contributed by atoms with Crippen molar-refractivity contribution in [3.05, 3.63) is 0 Å². The third-order valence-corrected chi connectivity index (χ3v) is 4.89. The first-order chi connectivity index (χ1) is 7.64. The molecule has 2 amide bonds. The van der Waals surface area contributed by atoms with Crippen molar-refractivity contribution in [3.63, 3.8) is 0 Å². The van der Waals surface area contributed by atoms with Crippen molar-refractivity contribution in [1.29, 1.82) is 0 Å². The van der Waals surface area contributed by atoms with Gasteiger partial charge in [0.05, 0.1) is 5.54 Å². The predicted octanol–water partition coefficient (Wildman–Crippen LogP) is 1.94. The second-order valence-electron chi connectivity index (χ2n) is 5.72. The second kappa shape index (κ2) is 3.22. The van der Waals surface area contributed by atoms with Crippen LogP contribution in [-0.4, -0.2) is 17.4 Å². The van der Waals surface area contributed by atoms with E-state index in [0.717, 1.165) is 12.8 Å². The summed E-state index contributed by atoms with van der Waals surface area (Å²) in [5.74, 6) is 0.519. The molecule has 3 aliphatic rings. The van der Waals surface area contributed by atoms with E-state index in [1.54, 1.807) is 0 Å². The van der Waals surface area contributed by atoms with Crippen LogP contribution in [0.5, 0.6) is 0 Å². The molecule has 3 N–H and O–H groups in total. The van der Waals surface area contributed by atoms with Crippen molar-refractivity contribution in [2.75, 3.05) is 0 Å². The van der Waals surface area contributed by atoms with Crippen molar-refractivity contribution in [3.8, 4) is 0 Å². The highest BCUT2D eigenvalue weighted by molar-refractivity contribution is 6.05. The van der Waals surface area contributed by atoms with Crippen molar-refractivity contribution in [2.24, 2.45) is 16.1 Å². The lowest BCUT2D eigenvalue weighted by Crippen LogP contribution is -2.55. The maximum atomic E-state index is 11.3. The Bertz CT molecular complexity index is 345. The van der Waals surface area contributed by atoms with Crippen LogP contribution < -0.4 is 11.1 Å². The number of rotatable bonds is 0. The van der Waals surface area contributed by atoms with Crippen molar-refractivity contribution < 1.29 is 4.79 Å². The number of amidine groups is 1. The molecule has 0 saturated heterocycles. The van der Waals surface area contributed by atoms with Crippen LogP contribution >= 0.6 is 0 Å². The first-order valence-electron chi connectivity index (χ1n) is 6.31. The summed E-state index contributed by atoms with van der Waals surface area (Å²) in [6.45, 7) is 0. The summed E-state index contributed by atoms with van der Waals surface area (Å²) in [5, 5.41) is 2.96. The van der Waals surface area contributed by atoms with Crippen LogP contribution in [0.1, 0.15) is 51.4 Å². The zero-order chi connectivity index (χ0) is 11.2. The minimum absolute atomic E-state index is 0.250. The molecule has 2 saturated carbocycles. The number of nitrogens with two attached hydrogens (primary N) is 1. The Morgan fingerprint density at radius 1 is 1.06 bits per heavy atom. The Balaban J connectivity index is 1.75. The van der Waals surface area contributed by atoms with Crippen molar-refractivity contribution in [2.45, 2.75) is 56.9 Å². The van der Waals surface area contributed by atoms with Gasteiger partial charge in [-0.1, -0.05) is 12.8 Å². The number of hydrogen-bond acceptors (Lipinski definition) is 2. The maximum absolute atomic E-state index is 11.3. The molecule has 0 aromatic carbocycles. The standard InChI is InChI=1S/C12H19N3O/c13-9-12(15-10(16)14-9)7-5-11(6-8-12)3-1-2-4-11/h1-8H2,(H3,13,14,15,16). The summed E-state index contributed by atoms with van der Waals surface area (Å²) < 4.78 is 0. The lowest BCUT2D eigenvalue weighted by atomic mass is 9.66. The molecule has 16 heavy (non-hydrogen) atoms. The molecule has 3 rings (SSSR count). The minimum atomic E-state index is -0.287. The molecular formula is C12H19N3O. The number of nitrogens with one attached hydrogen (secondary N) is 1. The average Bonchev–Trinajstić information content (AvgIpc) is 2.80. The van der Waals surface area contributed by atoms with E-state index in [0.29, 0.717) is 11.3 Å². The van der Waals surface area contributed by atoms with Gasteiger partial charge in [-0.25, -0.2) is 4.79 Å². The van der Waals surface area contributed by atoms with Gasteiger partial charge in [0.1, 0.15) is 5.84 Å². The zero-order valence-electron chi connectivity index (χ0n) is 9.59. The minimum Gasteiger partial charge on any atom is -0.385 e. The molecule has 0 aromatic rings. The molecule has 0 unspecified atom stereocenters. The van der Waals surface area contributed by atoms with E-state index in [2.05, 4.69) is 10.3 Å². The molecule has 88 valence electrons. The summed E-state index contributed by atoms with van der Waals surface area (Å²) in [6, 6.07) is -0.250. The van der Waals surface area contributed by atoms with Crippen LogP contribution in [0.25, 0.3) is 0 Å². The first kappa shape index (κ1) is 10.1. The van der Waals surface area contributed by atoms with Crippen LogP contribution in [0.15, 0.2) is 4.99 Å². The van der Waals surface area contributed by atoms with Gasteiger partial charge >= 0.3 is 6.03 Å². The summed E-state index contributed by atoms with van der Waals surface area (Å²) in [4.78, 5) is 15.1. The van der Waals surface area contributed by atoms with Crippen LogP contribution in [-0.2, 0) is 0 Å². The average molecular weight is 221 g/mol. The number of aliphatic imine (C=N–C) groups is 1. The van der Waals surface area contributed by atoms with Crippen LogP contribution in [0, 0.1) is 5.41 Å². The quantitative estimate of drug-likeness (QED) is 0.656. The number of nitrogens with zero attached hydrogens (tertiary/aromatic N) is 1. The molecule has 0 aromatic heterocycles. The molecule has 0 radical (unpaired) electrons. The van der Waals surface area contributed by atoms with E-state index < -0.39 is 0 Å². The Hall–Kier alpha value is -1.06. The number of carbonyl (C=O) groups excluding carboxylic acids is 1. The molecular weight excluding hydrogens is 202 g/mol. The third kappa shape index (κ3) is 1.35. The van der Waals surface area contributed by atoms with Crippen LogP contribution in [0.4, 0.5) is 4.79 Å². The molecule has 0 bridgehead atoms. The zero-order valence-corrected chi connectivity index (χ0v) is 9.59. The highest BCUT2D eigenvalue weighted by atomic mass is 16.2. The predicted molar refractivity (Wildman–Crippen MR) is 62.3 cm³/mol. The van der Waals surface area contributed by atoms with Crippen molar-refractivity contribution >= 4 is 11.9 Å². The van der Waals surface area contributed by atoms with Gasteiger partial charge in [-0.15, -0.1) is 0 Å². The van der Waals surface area contributed by atoms with E-state index in [1.165, 1.54) is 38.5 Å². The molecule has 2 aliphatic carbocycles. The Morgan fingerprint density at radius 2 is 1.69 bits per heavy atom. The fourth-order valence-corrected chi connectivity index (χ4v) is 3.73. The van der Waals surface area contributed by atoms with Gasteiger partial charge in [-0.2, -0.15) is 4.99 Å². The number of amides is 2. The summed E-state index contributed by atoms with van der Waals surface area (Å²) >= 11 is 0. The summed E-state index contributed by atoms with van der Waals surface area (Å²) in [5.41, 5.74) is 6.17. The maximum Gasteiger partial charge on any atom is 0.343 e. The highest BCUT2D eigenvalue weighted by Crippen LogP contribution is 2.51. The Kier molecular flexibility index (Phi) is 2.03. The van der Waals surface area contributed by atoms with E-state index >= 15 is 0 Å². The van der Waals surface area contributed by atoms with E-state index in [1.807, 2.05) is 0 Å². The van der Waals surface area contributed by atoms with Gasteiger partial charge in [-0.3, -0.25) is 0 Å². The summed E-state index contributed by atoms with van der Waals surface area (Å²) in [6.07, 6.45) is 9.85. The second-order valence-corrected chi connectivity index (χ2v) is 5.72. The van der Waals surface area contributed by atoms with Crippen LogP contribution in [0.2, 0.25) is 0 Å². The molecule has 4 nitrogen and oxygen atoms in total. The SMILES string of the molecule is NC1=NC(=O)NC12CCC1(CCCC1)CC2. The van der Waals surface area contributed by atoms with Gasteiger partial charge in [-0.05, 0) is 43.9 Å². The largest absolute Gasteiger partial charge is 0.385 e. The fraction of sp³-hybridized carbons (Fsp3) is 0.833. The Labute approximate surface area is 95.7 Å². The molecule has 1 heterocycles. The monoisotopic (exact) mass is 221 g/mol. The molecule has 4 heteroatoms. The number of hydrogen-bond donors (Lipinski definition) is 2. The topological polar surface area (TPSA) is 67.5 Å². The van der Waals surface area contributed by atoms with Gasteiger partial charge < -0.3 is 11.1 Å². The third-order valence-electron chi connectivity index (χ3n) is 4.89. The van der Waals surface area contributed by atoms with E-state index in [-0.39, 0.29) is 11.6 Å². The van der Waals surface area contributed by atoms with Crippen molar-refractivity contribution in [1.82, 2.24) is 5.32 Å². The van der Waals surface area contributed by atoms with Gasteiger partial charge in [0.15, 0.2) is 0 Å². The van der Waals surface area contributed by atoms with Crippen LogP contribution in [0.3, 0.4) is 0 Å². The normalized spacial score (nSPS) is 30.8. The number of urea groups is 1. The molecule has 0 atom stereocenters. The lowest BCUT2D eigenvalue weighted by molar-refractivity contribution is 0.151. The van der Waals surface area contributed by atoms with Gasteiger partial charge in [0, 0.05) is 0 Å². The molecule has 2 fully saturated rings. The molecule has 1 aliphatic heterocycles. The fourth-order valence-electron chi connectivity index (χ4n) is 3.73. The Morgan fingerprint density at radius 3 is 2.19 bits per heavy atom. The summed E-state index contributed by atoms with van der Waals surface area (Å²) in [7, 11) is 0. The highest BCUT2D eigenvalue weighted by Gasteiger charge is 2.48. The van der Waals surface area contributed by atoms with E-state index in [9.17, 15) is 4.79 Å². The van der Waals surface area contributed by atoms with Gasteiger partial charge in [0.25, 0.3) is 0 Å². The number of carbonyl (C=O) groups is 1.